The Kier molecular flexibility index (Phi) is 51.1. The number of quaternary nitrogens is 1. The fraction of sp³-hybridized carbons (Fsp3) is 0.966. The van der Waals surface area contributed by atoms with Crippen molar-refractivity contribution in [2.24, 2.45) is 0 Å². The van der Waals surface area contributed by atoms with E-state index >= 15 is 0 Å². The van der Waals surface area contributed by atoms with Crippen molar-refractivity contribution in [3.63, 3.8) is 0 Å². The van der Waals surface area contributed by atoms with Gasteiger partial charge >= 0.3 is 11.9 Å². The van der Waals surface area contributed by atoms with Crippen LogP contribution in [0.3, 0.4) is 0 Å². The van der Waals surface area contributed by atoms with Crippen molar-refractivity contribution in [2.75, 3.05) is 47.5 Å². The van der Waals surface area contributed by atoms with E-state index in [0.717, 1.165) is 38.5 Å². The minimum absolute atomic E-state index is 0.0260. The van der Waals surface area contributed by atoms with E-state index in [0.29, 0.717) is 17.4 Å². The van der Waals surface area contributed by atoms with E-state index in [1.165, 1.54) is 244 Å². The van der Waals surface area contributed by atoms with Crippen LogP contribution in [-0.2, 0) is 32.7 Å². The van der Waals surface area contributed by atoms with E-state index in [2.05, 4.69) is 13.8 Å². The van der Waals surface area contributed by atoms with Crippen LogP contribution < -0.4 is 4.89 Å². The molecule has 10 heteroatoms. The molecule has 0 rings (SSSR count). The van der Waals surface area contributed by atoms with Crippen LogP contribution in [0.15, 0.2) is 0 Å². The van der Waals surface area contributed by atoms with E-state index in [9.17, 15) is 19.0 Å². The number of phosphoric ester groups is 1. The Balaban J connectivity index is 3.68. The number of hydrogen-bond acceptors (Lipinski definition) is 8. The summed E-state index contributed by atoms with van der Waals surface area (Å²) >= 11 is 0. The lowest BCUT2D eigenvalue weighted by Crippen LogP contribution is -2.37. The van der Waals surface area contributed by atoms with Crippen molar-refractivity contribution in [3.05, 3.63) is 0 Å². The molecule has 69 heavy (non-hydrogen) atoms. The second kappa shape index (κ2) is 51.9. The molecule has 0 aromatic rings. The molecule has 0 aromatic carbocycles. The average Bonchev–Trinajstić information content (AvgIpc) is 3.31. The fourth-order valence-electron chi connectivity index (χ4n) is 9.19. The van der Waals surface area contributed by atoms with E-state index in [-0.39, 0.29) is 32.0 Å². The lowest BCUT2D eigenvalue weighted by atomic mass is 10.0. The molecule has 2 atom stereocenters. The van der Waals surface area contributed by atoms with Gasteiger partial charge in [-0.1, -0.05) is 290 Å². The Morgan fingerprint density at radius 2 is 0.652 bits per heavy atom. The van der Waals surface area contributed by atoms with Crippen LogP contribution in [0.2, 0.25) is 0 Å². The molecular formula is C59H118NO8P. The third kappa shape index (κ3) is 56.2. The molecule has 0 heterocycles. The first-order valence-electron chi connectivity index (χ1n) is 30.2. The lowest BCUT2D eigenvalue weighted by molar-refractivity contribution is -0.870. The van der Waals surface area contributed by atoms with Crippen molar-refractivity contribution in [1.82, 2.24) is 0 Å². The number of ether oxygens (including phenoxy) is 2. The molecule has 0 saturated heterocycles. The monoisotopic (exact) mass is 1000 g/mol. The van der Waals surface area contributed by atoms with Gasteiger partial charge in [-0.3, -0.25) is 14.2 Å². The molecule has 0 bridgehead atoms. The van der Waals surface area contributed by atoms with Gasteiger partial charge in [-0.05, 0) is 12.8 Å². The number of nitrogens with zero attached hydrogens (tertiary/aromatic N) is 1. The highest BCUT2D eigenvalue weighted by molar-refractivity contribution is 7.45. The van der Waals surface area contributed by atoms with E-state index < -0.39 is 26.5 Å². The largest absolute Gasteiger partial charge is 0.756 e. The van der Waals surface area contributed by atoms with Crippen LogP contribution in [0.5, 0.6) is 0 Å². The molecule has 0 aliphatic heterocycles. The normalized spacial score (nSPS) is 13.2. The molecule has 0 aromatic heterocycles. The van der Waals surface area contributed by atoms with Gasteiger partial charge in [0.25, 0.3) is 7.82 Å². The third-order valence-electron chi connectivity index (χ3n) is 13.9. The Labute approximate surface area is 429 Å². The summed E-state index contributed by atoms with van der Waals surface area (Å²) in [5.74, 6) is -0.827. The molecule has 0 N–H and O–H groups in total. The molecule has 412 valence electrons. The average molecular weight is 1000 g/mol. The highest BCUT2D eigenvalue weighted by Crippen LogP contribution is 2.38. The highest BCUT2D eigenvalue weighted by atomic mass is 31.2. The van der Waals surface area contributed by atoms with Gasteiger partial charge in [-0.25, -0.2) is 0 Å². The van der Waals surface area contributed by atoms with E-state index in [4.69, 9.17) is 18.5 Å². The molecule has 2 unspecified atom stereocenters. The molecule has 9 nitrogen and oxygen atoms in total. The number of carbonyl (C=O) groups is 2. The van der Waals surface area contributed by atoms with Crippen molar-refractivity contribution in [2.45, 2.75) is 322 Å². The van der Waals surface area contributed by atoms with Gasteiger partial charge in [0, 0.05) is 12.8 Å². The Morgan fingerprint density at radius 3 is 0.928 bits per heavy atom. The summed E-state index contributed by atoms with van der Waals surface area (Å²) in [7, 11) is 1.18. The zero-order chi connectivity index (χ0) is 50.6. The molecule has 0 radical (unpaired) electrons. The van der Waals surface area contributed by atoms with Gasteiger partial charge in [0.05, 0.1) is 27.7 Å². The van der Waals surface area contributed by atoms with E-state index in [1.807, 2.05) is 21.1 Å². The predicted octanol–water partition coefficient (Wildman–Crippen LogP) is 18.0. The lowest BCUT2D eigenvalue weighted by Gasteiger charge is -2.28. The second-order valence-corrected chi connectivity index (χ2v) is 23.5. The number of unbranched alkanes of at least 4 members (excludes halogenated alkanes) is 43. The van der Waals surface area contributed by atoms with Crippen LogP contribution in [0, 0.1) is 0 Å². The van der Waals surface area contributed by atoms with Gasteiger partial charge in [0.2, 0.25) is 0 Å². The van der Waals surface area contributed by atoms with Gasteiger partial charge in [-0.15, -0.1) is 0 Å². The number of rotatable bonds is 57. The van der Waals surface area contributed by atoms with Crippen LogP contribution in [-0.4, -0.2) is 70.0 Å². The Morgan fingerprint density at radius 1 is 0.391 bits per heavy atom. The summed E-state index contributed by atoms with van der Waals surface area (Å²) in [6.07, 6.45) is 59.6. The van der Waals surface area contributed by atoms with Crippen molar-refractivity contribution in [1.29, 1.82) is 0 Å². The SMILES string of the molecule is CCCCCCCCCCCCCCCCCCCCCCCCCCCCCCCCCCCCCCCCCC(=O)OC(COC(=O)CCCCCCCC)COP(=O)([O-])OCC[N+](C)(C)C. The number of likely N-dealkylation sites (N-methyl/N-ethyl adjacent to an activating group) is 1. The number of esters is 2. The summed E-state index contributed by atoms with van der Waals surface area (Å²) in [4.78, 5) is 37.4. The summed E-state index contributed by atoms with van der Waals surface area (Å²) < 4.78 is 33.9. The molecular weight excluding hydrogens is 882 g/mol. The van der Waals surface area contributed by atoms with Crippen molar-refractivity contribution in [3.8, 4) is 0 Å². The Hall–Kier alpha value is -0.990. The minimum Gasteiger partial charge on any atom is -0.756 e. The van der Waals surface area contributed by atoms with Crippen molar-refractivity contribution >= 4 is 19.8 Å². The first-order valence-corrected chi connectivity index (χ1v) is 31.7. The Bertz CT molecular complexity index is 1130. The molecule has 0 saturated carbocycles. The number of hydrogen-bond donors (Lipinski definition) is 0. The summed E-state index contributed by atoms with van der Waals surface area (Å²) in [5, 5.41) is 0. The van der Waals surface area contributed by atoms with Crippen molar-refractivity contribution < 1.29 is 42.1 Å². The van der Waals surface area contributed by atoms with Crippen LogP contribution in [0.1, 0.15) is 316 Å². The number of phosphoric acid groups is 1. The van der Waals surface area contributed by atoms with Gasteiger partial charge < -0.3 is 27.9 Å². The zero-order valence-corrected chi connectivity index (χ0v) is 47.7. The molecule has 0 aliphatic carbocycles. The minimum atomic E-state index is -4.61. The maximum Gasteiger partial charge on any atom is 0.306 e. The fourth-order valence-corrected chi connectivity index (χ4v) is 9.92. The summed E-state index contributed by atoms with van der Waals surface area (Å²) in [6.45, 7) is 4.21. The maximum absolute atomic E-state index is 12.7. The van der Waals surface area contributed by atoms with Gasteiger partial charge in [0.1, 0.15) is 19.8 Å². The zero-order valence-electron chi connectivity index (χ0n) is 46.8. The first kappa shape index (κ1) is 68.0. The van der Waals surface area contributed by atoms with E-state index in [1.54, 1.807) is 0 Å². The highest BCUT2D eigenvalue weighted by Gasteiger charge is 2.22. The smallest absolute Gasteiger partial charge is 0.306 e. The quantitative estimate of drug-likeness (QED) is 0.0256. The topological polar surface area (TPSA) is 111 Å². The van der Waals surface area contributed by atoms with Gasteiger partial charge in [-0.2, -0.15) is 0 Å². The molecule has 0 fully saturated rings. The van der Waals surface area contributed by atoms with Crippen LogP contribution >= 0.6 is 7.82 Å². The van der Waals surface area contributed by atoms with Gasteiger partial charge in [0.15, 0.2) is 6.10 Å². The second-order valence-electron chi connectivity index (χ2n) is 22.1. The molecule has 0 spiro atoms. The maximum atomic E-state index is 12.7. The number of carbonyl (C=O) groups excluding carboxylic acids is 2. The molecule has 0 amide bonds. The predicted molar refractivity (Wildman–Crippen MR) is 292 cm³/mol. The van der Waals surface area contributed by atoms with Crippen LogP contribution in [0.25, 0.3) is 0 Å². The molecule has 0 aliphatic rings. The summed E-state index contributed by atoms with van der Waals surface area (Å²) in [5.41, 5.74) is 0. The summed E-state index contributed by atoms with van der Waals surface area (Å²) in [6, 6.07) is 0. The first-order chi connectivity index (χ1) is 33.5. The third-order valence-corrected chi connectivity index (χ3v) is 14.8. The van der Waals surface area contributed by atoms with Crippen LogP contribution in [0.4, 0.5) is 0 Å². The standard InChI is InChI=1S/C59H118NO8P/c1-6-8-10-12-14-15-16-17-18-19-20-21-22-23-24-25-26-27-28-29-30-31-32-33-34-35-36-37-38-39-40-41-42-43-44-45-46-48-50-52-59(62)68-57(55-65-58(61)51-49-47-13-11-9-7-2)56-67-69(63,64)66-54-53-60(3,4)5/h57H,6-56H2,1-5H3.